The summed E-state index contributed by atoms with van der Waals surface area (Å²) in [7, 11) is 0. The van der Waals surface area contributed by atoms with Crippen LogP contribution in [0.25, 0.3) is 11.3 Å². The first-order valence-corrected chi connectivity index (χ1v) is 4.93. The van der Waals surface area contributed by atoms with E-state index in [2.05, 4.69) is 54.1 Å². The van der Waals surface area contributed by atoms with Gasteiger partial charge in [0.15, 0.2) is 12.7 Å². The van der Waals surface area contributed by atoms with Crippen molar-refractivity contribution < 1.29 is 4.57 Å². The second-order valence-corrected chi connectivity index (χ2v) is 3.82. The minimum Gasteiger partial charge on any atom is -0.194 e. The van der Waals surface area contributed by atoms with Crippen molar-refractivity contribution in [3.05, 3.63) is 53.7 Å². The number of rotatable bonds is 0. The lowest BCUT2D eigenvalue weighted by molar-refractivity contribution is -0.672. The van der Waals surface area contributed by atoms with E-state index in [1.54, 1.807) is 0 Å². The third kappa shape index (κ3) is 0.925. The summed E-state index contributed by atoms with van der Waals surface area (Å²) in [6.45, 7) is 3.20. The van der Waals surface area contributed by atoms with Crippen LogP contribution in [-0.4, -0.2) is 0 Å². The highest BCUT2D eigenvalue weighted by Crippen LogP contribution is 2.28. The van der Waals surface area contributed by atoms with E-state index >= 15 is 0 Å². The molecule has 0 amide bonds. The SMILES string of the molecule is Cc1cccc2c1-c1cccc[n+]1C2. The molecule has 0 unspecified atom stereocenters. The van der Waals surface area contributed by atoms with Crippen LogP contribution in [0.2, 0.25) is 0 Å². The standard InChI is InChI=1S/C13H12N/c1-10-5-4-6-11-9-14-8-3-2-7-12(14)13(10)11/h2-8H,9H2,1H3/q+1. The van der Waals surface area contributed by atoms with Gasteiger partial charge in [0.05, 0.1) is 5.56 Å². The largest absolute Gasteiger partial charge is 0.213 e. The molecule has 0 radical (unpaired) electrons. The van der Waals surface area contributed by atoms with Crippen LogP contribution >= 0.6 is 0 Å². The van der Waals surface area contributed by atoms with Crippen molar-refractivity contribution in [1.29, 1.82) is 0 Å². The van der Waals surface area contributed by atoms with E-state index in [1.807, 2.05) is 0 Å². The fourth-order valence-corrected chi connectivity index (χ4v) is 2.25. The van der Waals surface area contributed by atoms with Crippen LogP contribution in [0.5, 0.6) is 0 Å². The minimum absolute atomic E-state index is 1.02. The average molecular weight is 182 g/mol. The summed E-state index contributed by atoms with van der Waals surface area (Å²) in [6, 6.07) is 12.9. The van der Waals surface area contributed by atoms with Gasteiger partial charge in [0, 0.05) is 17.7 Å². The Morgan fingerprint density at radius 2 is 2.00 bits per heavy atom. The van der Waals surface area contributed by atoms with Crippen molar-refractivity contribution in [2.75, 3.05) is 0 Å². The smallest absolute Gasteiger partial charge is 0.194 e. The van der Waals surface area contributed by atoms with Crippen LogP contribution in [0.15, 0.2) is 42.6 Å². The topological polar surface area (TPSA) is 3.88 Å². The second kappa shape index (κ2) is 2.68. The highest BCUT2D eigenvalue weighted by Gasteiger charge is 2.25. The fourth-order valence-electron chi connectivity index (χ4n) is 2.25. The summed E-state index contributed by atoms with van der Waals surface area (Å²) in [5.41, 5.74) is 5.59. The molecule has 0 spiro atoms. The van der Waals surface area contributed by atoms with Gasteiger partial charge in [0.2, 0.25) is 5.69 Å². The molecule has 1 nitrogen and oxygen atoms in total. The van der Waals surface area contributed by atoms with Crippen molar-refractivity contribution in [1.82, 2.24) is 0 Å². The average Bonchev–Trinajstić information content (AvgIpc) is 2.57. The zero-order valence-corrected chi connectivity index (χ0v) is 8.20. The van der Waals surface area contributed by atoms with Crippen LogP contribution in [0, 0.1) is 6.92 Å². The molecule has 3 rings (SSSR count). The molecule has 1 aliphatic heterocycles. The molecular formula is C13H12N+. The number of hydrogen-bond donors (Lipinski definition) is 0. The normalized spacial score (nSPS) is 12.4. The molecule has 1 aromatic heterocycles. The Labute approximate surface area is 83.6 Å². The Morgan fingerprint density at radius 1 is 1.07 bits per heavy atom. The summed E-state index contributed by atoms with van der Waals surface area (Å²) in [5.74, 6) is 0. The molecular weight excluding hydrogens is 170 g/mol. The molecule has 2 aromatic rings. The van der Waals surface area contributed by atoms with Crippen LogP contribution in [0.4, 0.5) is 0 Å². The lowest BCUT2D eigenvalue weighted by atomic mass is 10.0. The lowest BCUT2D eigenvalue weighted by Crippen LogP contribution is -2.31. The molecule has 0 N–H and O–H groups in total. The third-order valence-corrected chi connectivity index (χ3v) is 2.90. The van der Waals surface area contributed by atoms with Gasteiger partial charge in [-0.1, -0.05) is 18.2 Å². The van der Waals surface area contributed by atoms with Crippen molar-refractivity contribution in [2.45, 2.75) is 13.5 Å². The summed E-state index contributed by atoms with van der Waals surface area (Å²) >= 11 is 0. The molecule has 68 valence electrons. The summed E-state index contributed by atoms with van der Waals surface area (Å²) in [4.78, 5) is 0. The number of hydrogen-bond acceptors (Lipinski definition) is 0. The first-order chi connectivity index (χ1) is 6.86. The maximum absolute atomic E-state index is 2.30. The van der Waals surface area contributed by atoms with Gasteiger partial charge < -0.3 is 0 Å². The number of nitrogens with zero attached hydrogens (tertiary/aromatic N) is 1. The van der Waals surface area contributed by atoms with E-state index in [1.165, 1.54) is 22.4 Å². The summed E-state index contributed by atoms with van der Waals surface area (Å²) in [6.07, 6.45) is 2.15. The van der Waals surface area contributed by atoms with Crippen LogP contribution < -0.4 is 4.57 Å². The molecule has 0 fully saturated rings. The van der Waals surface area contributed by atoms with E-state index in [9.17, 15) is 0 Å². The van der Waals surface area contributed by atoms with Crippen molar-refractivity contribution in [2.24, 2.45) is 0 Å². The Hall–Kier alpha value is -1.63. The van der Waals surface area contributed by atoms with Gasteiger partial charge in [-0.15, -0.1) is 0 Å². The van der Waals surface area contributed by atoms with E-state index < -0.39 is 0 Å². The van der Waals surface area contributed by atoms with Gasteiger partial charge in [0.25, 0.3) is 0 Å². The van der Waals surface area contributed by atoms with Crippen molar-refractivity contribution >= 4 is 0 Å². The molecule has 14 heavy (non-hydrogen) atoms. The van der Waals surface area contributed by atoms with Crippen molar-refractivity contribution in [3.63, 3.8) is 0 Å². The monoisotopic (exact) mass is 182 g/mol. The van der Waals surface area contributed by atoms with Gasteiger partial charge in [-0.05, 0) is 18.6 Å². The molecule has 2 heterocycles. The molecule has 0 bridgehead atoms. The van der Waals surface area contributed by atoms with Gasteiger partial charge in [-0.2, -0.15) is 4.57 Å². The number of pyridine rings is 1. The Morgan fingerprint density at radius 3 is 2.93 bits per heavy atom. The predicted octanol–water partition coefficient (Wildman–Crippen LogP) is 2.31. The number of aryl methyl sites for hydroxylation is 1. The highest BCUT2D eigenvalue weighted by atomic mass is 15.0. The molecule has 0 aliphatic carbocycles. The maximum atomic E-state index is 2.30. The summed E-state index contributed by atoms with van der Waals surface area (Å²) in [5, 5.41) is 0. The molecule has 0 saturated carbocycles. The third-order valence-electron chi connectivity index (χ3n) is 2.90. The zero-order chi connectivity index (χ0) is 9.54. The Kier molecular flexibility index (Phi) is 1.48. The van der Waals surface area contributed by atoms with Crippen LogP contribution in [0.3, 0.4) is 0 Å². The van der Waals surface area contributed by atoms with Crippen molar-refractivity contribution in [3.8, 4) is 11.3 Å². The minimum atomic E-state index is 1.02. The maximum Gasteiger partial charge on any atom is 0.213 e. The molecule has 1 aliphatic rings. The number of benzene rings is 1. The van der Waals surface area contributed by atoms with Crippen LogP contribution in [-0.2, 0) is 6.54 Å². The van der Waals surface area contributed by atoms with E-state index in [-0.39, 0.29) is 0 Å². The fraction of sp³-hybridized carbons (Fsp3) is 0.154. The zero-order valence-electron chi connectivity index (χ0n) is 8.20. The van der Waals surface area contributed by atoms with E-state index in [0.717, 1.165) is 6.54 Å². The Bertz CT molecular complexity index is 500. The molecule has 0 saturated heterocycles. The predicted molar refractivity (Wildman–Crippen MR) is 55.9 cm³/mol. The second-order valence-electron chi connectivity index (χ2n) is 3.82. The van der Waals surface area contributed by atoms with Gasteiger partial charge in [-0.3, -0.25) is 0 Å². The Balaban J connectivity index is 2.35. The van der Waals surface area contributed by atoms with Gasteiger partial charge in [0.1, 0.15) is 0 Å². The first kappa shape index (κ1) is 7.74. The van der Waals surface area contributed by atoms with Gasteiger partial charge >= 0.3 is 0 Å². The lowest BCUT2D eigenvalue weighted by Gasteiger charge is -1.97. The number of fused-ring (bicyclic) bond motifs is 3. The van der Waals surface area contributed by atoms with E-state index in [0.29, 0.717) is 0 Å². The first-order valence-electron chi connectivity index (χ1n) is 4.93. The molecule has 1 aromatic carbocycles. The summed E-state index contributed by atoms with van der Waals surface area (Å²) < 4.78 is 2.30. The van der Waals surface area contributed by atoms with Gasteiger partial charge in [-0.25, -0.2) is 0 Å². The molecule has 1 heteroatoms. The molecule has 0 atom stereocenters. The van der Waals surface area contributed by atoms with Crippen LogP contribution in [0.1, 0.15) is 11.1 Å². The quantitative estimate of drug-likeness (QED) is 0.470. The number of aromatic nitrogens is 1. The highest BCUT2D eigenvalue weighted by molar-refractivity contribution is 5.67. The van der Waals surface area contributed by atoms with E-state index in [4.69, 9.17) is 0 Å².